The Labute approximate surface area is 134 Å². The van der Waals surface area contributed by atoms with Gasteiger partial charge < -0.3 is 15.5 Å². The Kier molecular flexibility index (Phi) is 4.30. The molecule has 120 valence electrons. The van der Waals surface area contributed by atoms with E-state index in [1.54, 1.807) is 6.92 Å². The molecule has 0 radical (unpaired) electrons. The molecule has 1 heterocycles. The predicted molar refractivity (Wildman–Crippen MR) is 86.4 cm³/mol. The number of amides is 1. The fourth-order valence-electron chi connectivity index (χ4n) is 2.97. The Morgan fingerprint density at radius 2 is 2.04 bits per heavy atom. The highest BCUT2D eigenvalue weighted by Crippen LogP contribution is 2.29. The van der Waals surface area contributed by atoms with E-state index in [-0.39, 0.29) is 23.5 Å². The minimum Gasteiger partial charge on any atom is -0.455 e. The third-order valence-electron chi connectivity index (χ3n) is 4.22. The lowest BCUT2D eigenvalue weighted by atomic mass is 9.94. The fourth-order valence-corrected chi connectivity index (χ4v) is 2.97. The van der Waals surface area contributed by atoms with Crippen LogP contribution >= 0.6 is 0 Å². The highest BCUT2D eigenvalue weighted by molar-refractivity contribution is 6.03. The molecule has 1 aliphatic carbocycles. The molecule has 1 aliphatic rings. The quantitative estimate of drug-likeness (QED) is 0.908. The Bertz CT molecular complexity index is 734. The first-order valence-electron chi connectivity index (χ1n) is 7.82. The van der Waals surface area contributed by atoms with Crippen molar-refractivity contribution >= 4 is 11.7 Å². The van der Waals surface area contributed by atoms with Crippen LogP contribution in [0.25, 0.3) is 0 Å². The minimum absolute atomic E-state index is 0.0625. The van der Waals surface area contributed by atoms with Gasteiger partial charge in [0.15, 0.2) is 11.5 Å². The molecule has 5 heteroatoms. The maximum atomic E-state index is 12.4. The number of carbonyl (C=O) groups excluding carboxylic acids is 2. The van der Waals surface area contributed by atoms with Crippen LogP contribution in [0.5, 0.6) is 0 Å². The number of nitrogens with two attached hydrogens (primary N) is 1. The summed E-state index contributed by atoms with van der Waals surface area (Å²) in [5.74, 6) is 0.602. The van der Waals surface area contributed by atoms with Gasteiger partial charge in [-0.1, -0.05) is 30.3 Å². The third kappa shape index (κ3) is 3.05. The maximum Gasteiger partial charge on any atom is 0.287 e. The summed E-state index contributed by atoms with van der Waals surface area (Å²) in [5, 5.41) is 2.79. The van der Waals surface area contributed by atoms with Gasteiger partial charge in [0.2, 0.25) is 0 Å². The zero-order chi connectivity index (χ0) is 16.4. The van der Waals surface area contributed by atoms with E-state index in [1.165, 1.54) is 0 Å². The molecule has 0 saturated carbocycles. The monoisotopic (exact) mass is 312 g/mol. The Balaban J connectivity index is 1.71. The smallest absolute Gasteiger partial charge is 0.287 e. The van der Waals surface area contributed by atoms with Crippen LogP contribution in [0.1, 0.15) is 56.7 Å². The van der Waals surface area contributed by atoms with Gasteiger partial charge in [0, 0.05) is 31.0 Å². The molecular formula is C18H20N2O3. The van der Waals surface area contributed by atoms with Gasteiger partial charge in [-0.3, -0.25) is 9.59 Å². The summed E-state index contributed by atoms with van der Waals surface area (Å²) in [6.45, 7) is 2.07. The van der Waals surface area contributed by atoms with Crippen LogP contribution in [0, 0.1) is 6.92 Å². The first-order valence-corrected chi connectivity index (χ1v) is 7.82. The van der Waals surface area contributed by atoms with Crippen LogP contribution in [-0.4, -0.2) is 18.2 Å². The van der Waals surface area contributed by atoms with Gasteiger partial charge >= 0.3 is 0 Å². The second kappa shape index (κ2) is 6.38. The largest absolute Gasteiger partial charge is 0.455 e. The molecule has 1 aromatic carbocycles. The lowest BCUT2D eigenvalue weighted by Gasteiger charge is -2.12. The summed E-state index contributed by atoms with van der Waals surface area (Å²) in [5.41, 5.74) is 8.26. The van der Waals surface area contributed by atoms with Crippen molar-refractivity contribution in [1.29, 1.82) is 0 Å². The highest BCUT2D eigenvalue weighted by atomic mass is 16.4. The number of carbonyl (C=O) groups is 2. The van der Waals surface area contributed by atoms with Crippen molar-refractivity contribution in [2.24, 2.45) is 5.73 Å². The van der Waals surface area contributed by atoms with E-state index < -0.39 is 0 Å². The van der Waals surface area contributed by atoms with E-state index in [9.17, 15) is 9.59 Å². The Hall–Kier alpha value is -2.40. The molecule has 0 fully saturated rings. The lowest BCUT2D eigenvalue weighted by molar-refractivity contribution is 0.0917. The van der Waals surface area contributed by atoms with Crippen LogP contribution < -0.4 is 11.1 Å². The summed E-state index contributed by atoms with van der Waals surface area (Å²) in [7, 11) is 0. The van der Waals surface area contributed by atoms with Crippen LogP contribution in [0.2, 0.25) is 0 Å². The molecule has 5 nitrogen and oxygen atoms in total. The van der Waals surface area contributed by atoms with Crippen LogP contribution in [-0.2, 0) is 6.42 Å². The molecule has 1 atom stereocenters. The van der Waals surface area contributed by atoms with E-state index in [2.05, 4.69) is 5.32 Å². The van der Waals surface area contributed by atoms with Crippen molar-refractivity contribution in [2.45, 2.75) is 32.2 Å². The molecule has 2 aromatic rings. The molecule has 0 spiro atoms. The molecule has 0 bridgehead atoms. The number of aryl methyl sites for hydroxylation is 1. The van der Waals surface area contributed by atoms with Gasteiger partial charge in [-0.2, -0.15) is 0 Å². The Morgan fingerprint density at radius 1 is 1.30 bits per heavy atom. The van der Waals surface area contributed by atoms with Crippen LogP contribution in [0.3, 0.4) is 0 Å². The van der Waals surface area contributed by atoms with E-state index in [0.29, 0.717) is 36.3 Å². The lowest BCUT2D eigenvalue weighted by Crippen LogP contribution is -2.32. The summed E-state index contributed by atoms with van der Waals surface area (Å²) in [6, 6.07) is 9.30. The van der Waals surface area contributed by atoms with Gasteiger partial charge in [0.05, 0.1) is 5.56 Å². The molecule has 1 amide bonds. The SMILES string of the molecule is Cc1c(C(=O)NCC(N)c2ccccc2)oc2c1C(=O)CCC2. The van der Waals surface area contributed by atoms with Crippen molar-refractivity contribution in [3.05, 3.63) is 58.5 Å². The van der Waals surface area contributed by atoms with E-state index >= 15 is 0 Å². The van der Waals surface area contributed by atoms with E-state index in [1.807, 2.05) is 30.3 Å². The molecule has 1 unspecified atom stereocenters. The number of Topliss-reactive ketones (excluding diaryl/α,β-unsaturated/α-hetero) is 1. The standard InChI is InChI=1S/C18H20N2O3/c1-11-16-14(21)8-5-9-15(16)23-17(11)18(22)20-10-13(19)12-6-3-2-4-7-12/h2-4,6-7,13H,5,8-10,19H2,1H3,(H,20,22). The average Bonchev–Trinajstić information content (AvgIpc) is 2.91. The van der Waals surface area contributed by atoms with Crippen molar-refractivity contribution < 1.29 is 14.0 Å². The summed E-state index contributed by atoms with van der Waals surface area (Å²) >= 11 is 0. The molecule has 3 N–H and O–H groups in total. The zero-order valence-electron chi connectivity index (χ0n) is 13.1. The molecular weight excluding hydrogens is 292 g/mol. The summed E-state index contributed by atoms with van der Waals surface area (Å²) < 4.78 is 5.63. The highest BCUT2D eigenvalue weighted by Gasteiger charge is 2.28. The van der Waals surface area contributed by atoms with Crippen LogP contribution in [0.4, 0.5) is 0 Å². The second-order valence-corrected chi connectivity index (χ2v) is 5.86. The number of nitrogens with one attached hydrogen (secondary N) is 1. The van der Waals surface area contributed by atoms with Crippen molar-refractivity contribution in [3.63, 3.8) is 0 Å². The third-order valence-corrected chi connectivity index (χ3v) is 4.22. The van der Waals surface area contributed by atoms with E-state index in [4.69, 9.17) is 10.2 Å². The number of furan rings is 1. The fraction of sp³-hybridized carbons (Fsp3) is 0.333. The number of rotatable bonds is 4. The number of fused-ring (bicyclic) bond motifs is 1. The van der Waals surface area contributed by atoms with Crippen molar-refractivity contribution in [2.75, 3.05) is 6.54 Å². The number of hydrogen-bond acceptors (Lipinski definition) is 4. The van der Waals surface area contributed by atoms with Crippen molar-refractivity contribution in [3.8, 4) is 0 Å². The normalized spacial score (nSPS) is 15.1. The van der Waals surface area contributed by atoms with Crippen LogP contribution in [0.15, 0.2) is 34.7 Å². The number of hydrogen-bond donors (Lipinski definition) is 2. The molecule has 1 aromatic heterocycles. The predicted octanol–water partition coefficient (Wildman–Crippen LogP) is 2.54. The first kappa shape index (κ1) is 15.5. The van der Waals surface area contributed by atoms with Gasteiger partial charge in [0.1, 0.15) is 5.76 Å². The van der Waals surface area contributed by atoms with Crippen molar-refractivity contribution in [1.82, 2.24) is 5.32 Å². The van der Waals surface area contributed by atoms with Gasteiger partial charge in [0.25, 0.3) is 5.91 Å². The zero-order valence-corrected chi connectivity index (χ0v) is 13.1. The summed E-state index contributed by atoms with van der Waals surface area (Å²) in [6.07, 6.45) is 2.00. The molecule has 0 saturated heterocycles. The average molecular weight is 312 g/mol. The topological polar surface area (TPSA) is 85.3 Å². The number of ketones is 1. The minimum atomic E-state index is -0.323. The van der Waals surface area contributed by atoms with Gasteiger partial charge in [-0.25, -0.2) is 0 Å². The van der Waals surface area contributed by atoms with Gasteiger partial charge in [-0.15, -0.1) is 0 Å². The van der Waals surface area contributed by atoms with Gasteiger partial charge in [-0.05, 0) is 18.9 Å². The summed E-state index contributed by atoms with van der Waals surface area (Å²) in [4.78, 5) is 24.3. The number of benzene rings is 1. The maximum absolute atomic E-state index is 12.4. The molecule has 23 heavy (non-hydrogen) atoms. The van der Waals surface area contributed by atoms with E-state index in [0.717, 1.165) is 12.0 Å². The second-order valence-electron chi connectivity index (χ2n) is 5.86. The molecule has 0 aliphatic heterocycles. The molecule has 3 rings (SSSR count). The Morgan fingerprint density at radius 3 is 2.74 bits per heavy atom. The first-order chi connectivity index (χ1) is 11.1.